The normalized spacial score (nSPS) is 17.3. The average molecular weight is 1110 g/mol. The number of H-pyrrole nitrogens is 1. The van der Waals surface area contributed by atoms with Crippen LogP contribution < -0.4 is 26.0 Å². The lowest BCUT2D eigenvalue weighted by molar-refractivity contribution is -0.137. The first-order chi connectivity index (χ1) is 37.3. The molecule has 412 valence electrons. The molecule has 2 atom stereocenters. The van der Waals surface area contributed by atoms with Crippen molar-refractivity contribution in [2.24, 2.45) is 17.6 Å². The minimum Gasteiger partial charge on any atom is -0.492 e. The van der Waals surface area contributed by atoms with Crippen LogP contribution in [-0.4, -0.2) is 152 Å². The Morgan fingerprint density at radius 1 is 0.936 bits per heavy atom. The molecule has 3 fully saturated rings. The minimum absolute atomic E-state index is 0.0663. The van der Waals surface area contributed by atoms with E-state index in [0.29, 0.717) is 103 Å². The van der Waals surface area contributed by atoms with Crippen molar-refractivity contribution in [1.29, 1.82) is 0 Å². The molecule has 78 heavy (non-hydrogen) atoms. The number of thiazole rings is 1. The van der Waals surface area contributed by atoms with Crippen molar-refractivity contribution in [3.8, 4) is 5.75 Å². The highest BCUT2D eigenvalue weighted by atomic mass is 32.2. The number of nitrogens with zero attached hydrogens (tertiary/aromatic N) is 10. The molecule has 0 unspecified atom stereocenters. The van der Waals surface area contributed by atoms with Gasteiger partial charge in [0.1, 0.15) is 39.3 Å². The Morgan fingerprint density at radius 2 is 1.65 bits per heavy atom. The number of fused-ring (bicyclic) bond motifs is 1. The molecule has 0 spiro atoms. The number of hydrogen-bond acceptors (Lipinski definition) is 18. The fourth-order valence-corrected chi connectivity index (χ4v) is 12.3. The predicted octanol–water partition coefficient (Wildman–Crippen LogP) is 5.91. The van der Waals surface area contributed by atoms with Crippen molar-refractivity contribution in [3.63, 3.8) is 0 Å². The van der Waals surface area contributed by atoms with Crippen LogP contribution in [0.3, 0.4) is 0 Å². The number of sulfone groups is 1. The molecule has 0 aliphatic carbocycles. The van der Waals surface area contributed by atoms with Gasteiger partial charge in [-0.05, 0) is 109 Å². The summed E-state index contributed by atoms with van der Waals surface area (Å²) in [5, 5.41) is 16.1. The number of likely N-dealkylation sites (N-methyl/N-ethyl adjacent to an activating group) is 1. The SMILES string of the molecule is CNC(=C[C@@H](C(=O)N1CCC[C@H]1c1nc(C(=O)c2ccc(F)cc2)cs1)C1CCN(C(=O)c2cnc(N3CCN(CCCOc4cc5ncnc(Nc6n[nH]c(C)c6C)c5cc4S(=O)(=O)C(C)(C)C)CC3)nc2)CC1)C(N)=O. The van der Waals surface area contributed by atoms with Crippen molar-refractivity contribution in [3.05, 3.63) is 111 Å². The largest absolute Gasteiger partial charge is 0.492 e. The van der Waals surface area contributed by atoms with Gasteiger partial charge in [-0.15, -0.1) is 11.3 Å². The topological polar surface area (TPSA) is 268 Å². The second-order valence-electron chi connectivity index (χ2n) is 20.9. The molecule has 24 heteroatoms. The molecule has 7 heterocycles. The Balaban J connectivity index is 0.775. The van der Waals surface area contributed by atoms with Gasteiger partial charge < -0.3 is 35.8 Å². The number of aromatic amines is 1. The first-order valence-electron chi connectivity index (χ1n) is 26.1. The van der Waals surface area contributed by atoms with Crippen LogP contribution in [0.5, 0.6) is 5.75 Å². The number of nitrogens with two attached hydrogens (primary N) is 1. The zero-order chi connectivity index (χ0) is 55.5. The van der Waals surface area contributed by atoms with Gasteiger partial charge in [0.05, 0.1) is 40.1 Å². The number of ketones is 1. The first kappa shape index (κ1) is 55.3. The van der Waals surface area contributed by atoms with E-state index in [1.54, 1.807) is 73.6 Å². The molecule has 0 saturated carbocycles. The quantitative estimate of drug-likeness (QED) is 0.0442. The number of carbonyl (C=O) groups excluding carboxylic acids is 4. The van der Waals surface area contributed by atoms with Crippen molar-refractivity contribution in [1.82, 2.24) is 55.1 Å². The summed E-state index contributed by atoms with van der Waals surface area (Å²) in [6, 6.07) is 8.16. The third-order valence-corrected chi connectivity index (χ3v) is 18.3. The highest BCUT2D eigenvalue weighted by molar-refractivity contribution is 7.92. The molecule has 3 aliphatic heterocycles. The number of aryl methyl sites for hydroxylation is 1. The molecule has 3 aliphatic rings. The van der Waals surface area contributed by atoms with Gasteiger partial charge >= 0.3 is 0 Å². The molecule has 0 radical (unpaired) electrons. The Labute approximate surface area is 456 Å². The number of likely N-dealkylation sites (tertiary alicyclic amines) is 2. The molecule has 2 aromatic carbocycles. The number of piperidine rings is 1. The van der Waals surface area contributed by atoms with E-state index in [1.165, 1.54) is 41.9 Å². The Hall–Kier alpha value is -7.44. The molecule has 21 nitrogen and oxygen atoms in total. The van der Waals surface area contributed by atoms with Gasteiger partial charge in [-0.25, -0.2) is 37.7 Å². The predicted molar refractivity (Wildman–Crippen MR) is 293 cm³/mol. The Morgan fingerprint density at radius 3 is 2.31 bits per heavy atom. The van der Waals surface area contributed by atoms with E-state index in [-0.39, 0.29) is 58.2 Å². The molecular formula is C54H65FN14O7S2. The summed E-state index contributed by atoms with van der Waals surface area (Å²) in [6.45, 7) is 13.8. The van der Waals surface area contributed by atoms with E-state index in [2.05, 4.69) is 55.6 Å². The zero-order valence-electron chi connectivity index (χ0n) is 44.6. The van der Waals surface area contributed by atoms with E-state index in [1.807, 2.05) is 13.8 Å². The number of piperazine rings is 1. The van der Waals surface area contributed by atoms with Crippen LogP contribution in [-0.2, 0) is 19.4 Å². The fourth-order valence-electron chi connectivity index (χ4n) is 10.1. The number of aromatic nitrogens is 7. The van der Waals surface area contributed by atoms with Gasteiger partial charge in [0, 0.05) is 105 Å². The summed E-state index contributed by atoms with van der Waals surface area (Å²) in [5.41, 5.74) is 9.06. The number of carbonyl (C=O) groups is 4. The number of amides is 3. The zero-order valence-corrected chi connectivity index (χ0v) is 46.2. The van der Waals surface area contributed by atoms with Gasteiger partial charge in [-0.1, -0.05) is 0 Å². The summed E-state index contributed by atoms with van der Waals surface area (Å²) in [6.07, 6.45) is 9.11. The maximum atomic E-state index is 14.6. The van der Waals surface area contributed by atoms with Crippen molar-refractivity contribution in [2.45, 2.75) is 82.4 Å². The monoisotopic (exact) mass is 1100 g/mol. The molecule has 6 aromatic rings. The summed E-state index contributed by atoms with van der Waals surface area (Å²) in [4.78, 5) is 84.8. The van der Waals surface area contributed by atoms with Gasteiger partial charge in [0.25, 0.3) is 11.8 Å². The summed E-state index contributed by atoms with van der Waals surface area (Å²) < 4.78 is 46.6. The van der Waals surface area contributed by atoms with Crippen LogP contribution in [0, 0.1) is 31.5 Å². The molecule has 3 amide bonds. The number of primary amides is 1. The maximum Gasteiger partial charge on any atom is 0.264 e. The van der Waals surface area contributed by atoms with E-state index >= 15 is 0 Å². The third kappa shape index (κ3) is 11.8. The molecule has 5 N–H and O–H groups in total. The lowest BCUT2D eigenvalue weighted by Gasteiger charge is -2.37. The van der Waals surface area contributed by atoms with E-state index < -0.39 is 32.2 Å². The fraction of sp³-hybridized carbons (Fsp3) is 0.444. The number of nitrogens with one attached hydrogen (secondary N) is 3. The number of anilines is 3. The lowest BCUT2D eigenvalue weighted by atomic mass is 9.82. The van der Waals surface area contributed by atoms with Crippen LogP contribution >= 0.6 is 11.3 Å². The van der Waals surface area contributed by atoms with Crippen molar-refractivity contribution < 1.29 is 36.7 Å². The van der Waals surface area contributed by atoms with Crippen molar-refractivity contribution in [2.75, 3.05) is 76.2 Å². The van der Waals surface area contributed by atoms with Gasteiger partial charge in [-0.3, -0.25) is 29.2 Å². The maximum absolute atomic E-state index is 14.6. The smallest absolute Gasteiger partial charge is 0.264 e. The number of benzene rings is 2. The van der Waals surface area contributed by atoms with Crippen LogP contribution in [0.2, 0.25) is 0 Å². The molecule has 0 bridgehead atoms. The van der Waals surface area contributed by atoms with E-state index in [9.17, 15) is 32.0 Å². The third-order valence-electron chi connectivity index (χ3n) is 14.9. The standard InChI is InChI=1S/C54H65FN14O7S2/c1-32-33(2)64-65-48(32)63-49-39-26-45(78(74,75)54(3,4)5)44(27-40(39)60-31-61-49)76-24-8-16-66-20-22-68(23-21-66)53-58-28-36(29-59-53)51(72)67-18-14-34(15-19-67)38(25-41(57-6)47(56)71)52(73)69-17-7-9-43(69)50-62-42(30-77-50)46(70)35-10-12-37(55)13-11-35/h10-13,25-31,34,38,43,57H,7-9,14-24H2,1-6H3,(H2,56,71)(H2,60,61,63,64,65)/t38-,43+/m1/s1. The van der Waals surface area contributed by atoms with Crippen LogP contribution in [0.15, 0.2) is 77.2 Å². The number of hydrogen-bond donors (Lipinski definition) is 4. The molecular weight excluding hydrogens is 1040 g/mol. The average Bonchev–Trinajstić information content (AvgIpc) is 4.25. The van der Waals surface area contributed by atoms with Crippen LogP contribution in [0.25, 0.3) is 10.9 Å². The summed E-state index contributed by atoms with van der Waals surface area (Å²) in [7, 11) is -2.27. The molecule has 4 aromatic heterocycles. The molecule has 3 saturated heterocycles. The lowest BCUT2D eigenvalue weighted by Crippen LogP contribution is -2.47. The highest BCUT2D eigenvalue weighted by Gasteiger charge is 2.40. The second kappa shape index (κ2) is 23.3. The van der Waals surface area contributed by atoms with Crippen LogP contribution in [0.4, 0.5) is 22.0 Å². The minimum atomic E-state index is -3.85. The highest BCUT2D eigenvalue weighted by Crippen LogP contribution is 2.40. The number of ether oxygens (including phenoxy) is 1. The van der Waals surface area contributed by atoms with Gasteiger partial charge in [0.15, 0.2) is 15.7 Å². The Bertz CT molecular complexity index is 3330. The second-order valence-corrected chi connectivity index (χ2v) is 24.4. The first-order valence-corrected chi connectivity index (χ1v) is 28.5. The number of halogens is 1. The van der Waals surface area contributed by atoms with E-state index in [0.717, 1.165) is 37.3 Å². The van der Waals surface area contributed by atoms with Gasteiger partial charge in [0.2, 0.25) is 17.6 Å². The van der Waals surface area contributed by atoms with Crippen molar-refractivity contribution >= 4 is 73.2 Å². The van der Waals surface area contributed by atoms with Crippen LogP contribution in [0.1, 0.15) is 102 Å². The summed E-state index contributed by atoms with van der Waals surface area (Å²) >= 11 is 1.30. The van der Waals surface area contributed by atoms with E-state index in [4.69, 9.17) is 10.5 Å². The number of rotatable bonds is 18. The summed E-state index contributed by atoms with van der Waals surface area (Å²) in [5.74, 6) is -1.06. The molecule has 9 rings (SSSR count). The van der Waals surface area contributed by atoms with Gasteiger partial charge in [-0.2, -0.15) is 5.10 Å². The Kier molecular flexibility index (Phi) is 16.5.